The summed E-state index contributed by atoms with van der Waals surface area (Å²) < 4.78 is 6.84. The minimum absolute atomic E-state index is 0.334. The molecule has 0 aromatic heterocycles. The van der Waals surface area contributed by atoms with Crippen molar-refractivity contribution in [2.24, 2.45) is 0 Å². The molecule has 0 amide bonds. The van der Waals surface area contributed by atoms with E-state index in [1.54, 1.807) is 0 Å². The van der Waals surface area contributed by atoms with E-state index in [1.807, 2.05) is 12.1 Å². The predicted molar refractivity (Wildman–Crippen MR) is 85.2 cm³/mol. The van der Waals surface area contributed by atoms with Crippen LogP contribution < -0.4 is 10.1 Å². The fourth-order valence-electron chi connectivity index (χ4n) is 2.61. The van der Waals surface area contributed by atoms with Crippen molar-refractivity contribution in [1.82, 2.24) is 5.32 Å². The smallest absolute Gasteiger partial charge is 0.122 e. The number of rotatable bonds is 4. The molecule has 0 saturated carbocycles. The van der Waals surface area contributed by atoms with Crippen molar-refractivity contribution < 1.29 is 4.74 Å². The summed E-state index contributed by atoms with van der Waals surface area (Å²) in [4.78, 5) is 0. The molecule has 2 aromatic carbocycles. The van der Waals surface area contributed by atoms with Crippen molar-refractivity contribution in [3.63, 3.8) is 0 Å². The molecule has 0 saturated heterocycles. The molecule has 1 aliphatic rings. The average molecular weight is 332 g/mol. The van der Waals surface area contributed by atoms with Crippen LogP contribution in [-0.4, -0.2) is 13.2 Å². The lowest BCUT2D eigenvalue weighted by Gasteiger charge is -2.17. The van der Waals surface area contributed by atoms with Gasteiger partial charge in [-0.3, -0.25) is 0 Å². The quantitative estimate of drug-likeness (QED) is 0.902. The molecule has 20 heavy (non-hydrogen) atoms. The summed E-state index contributed by atoms with van der Waals surface area (Å²) in [5, 5.41) is 3.61. The van der Waals surface area contributed by atoms with Gasteiger partial charge in [-0.15, -0.1) is 0 Å². The van der Waals surface area contributed by atoms with E-state index in [0.717, 1.165) is 23.4 Å². The zero-order valence-corrected chi connectivity index (χ0v) is 13.1. The molecule has 1 heterocycles. The molecular weight excluding hydrogens is 314 g/mol. The Kier molecular flexibility index (Phi) is 4.08. The van der Waals surface area contributed by atoms with Gasteiger partial charge in [-0.25, -0.2) is 0 Å². The van der Waals surface area contributed by atoms with Gasteiger partial charge in [0.15, 0.2) is 0 Å². The summed E-state index contributed by atoms with van der Waals surface area (Å²) in [5.41, 5.74) is 2.62. The summed E-state index contributed by atoms with van der Waals surface area (Å²) in [5.74, 6) is 1.48. The first-order chi connectivity index (χ1) is 9.74. The van der Waals surface area contributed by atoms with E-state index in [-0.39, 0.29) is 0 Å². The molecule has 3 heteroatoms. The second-order valence-corrected chi connectivity index (χ2v) is 6.15. The molecule has 3 rings (SSSR count). The summed E-state index contributed by atoms with van der Waals surface area (Å²) in [6.45, 7) is 3.91. The van der Waals surface area contributed by atoms with E-state index < -0.39 is 0 Å². The zero-order chi connectivity index (χ0) is 13.9. The standard InChI is InChI=1S/C17H18BrNO/c1-12(13-5-4-6-15(18)9-13)19-10-14-11-20-17-8-3-2-7-16(14)17/h2-9,12,14,19H,10-11H2,1H3/t12-,14?/m0/s1. The van der Waals surface area contributed by atoms with Crippen LogP contribution >= 0.6 is 15.9 Å². The third kappa shape index (κ3) is 2.89. The van der Waals surface area contributed by atoms with Gasteiger partial charge < -0.3 is 10.1 Å². The first-order valence-corrected chi connectivity index (χ1v) is 7.74. The molecular formula is C17H18BrNO. The van der Waals surface area contributed by atoms with E-state index in [9.17, 15) is 0 Å². The van der Waals surface area contributed by atoms with E-state index in [4.69, 9.17) is 4.74 Å². The lowest BCUT2D eigenvalue weighted by molar-refractivity contribution is 0.323. The molecule has 1 aliphatic heterocycles. The van der Waals surface area contributed by atoms with Gasteiger partial charge in [0.05, 0.1) is 6.61 Å². The second-order valence-electron chi connectivity index (χ2n) is 5.23. The van der Waals surface area contributed by atoms with E-state index in [2.05, 4.69) is 64.6 Å². The van der Waals surface area contributed by atoms with Crippen LogP contribution in [0.25, 0.3) is 0 Å². The van der Waals surface area contributed by atoms with E-state index in [0.29, 0.717) is 12.0 Å². The Morgan fingerprint density at radius 3 is 2.95 bits per heavy atom. The van der Waals surface area contributed by atoms with Crippen molar-refractivity contribution in [2.75, 3.05) is 13.2 Å². The average Bonchev–Trinajstić information content (AvgIpc) is 2.88. The summed E-state index contributed by atoms with van der Waals surface area (Å²) in [6, 6.07) is 17.1. The van der Waals surface area contributed by atoms with Crippen LogP contribution in [0.3, 0.4) is 0 Å². The normalized spacial score (nSPS) is 18.4. The first-order valence-electron chi connectivity index (χ1n) is 6.94. The van der Waals surface area contributed by atoms with Gasteiger partial charge in [-0.1, -0.05) is 46.3 Å². The number of para-hydroxylation sites is 1. The SMILES string of the molecule is C[C@H](NCC1COc2ccccc21)c1cccc(Br)c1. The highest BCUT2D eigenvalue weighted by atomic mass is 79.9. The number of hydrogen-bond donors (Lipinski definition) is 1. The number of benzene rings is 2. The van der Waals surface area contributed by atoms with Crippen molar-refractivity contribution in [3.8, 4) is 5.75 Å². The van der Waals surface area contributed by atoms with Crippen LogP contribution in [0, 0.1) is 0 Å². The topological polar surface area (TPSA) is 21.3 Å². The molecule has 0 spiro atoms. The second kappa shape index (κ2) is 5.98. The van der Waals surface area contributed by atoms with Crippen molar-refractivity contribution in [3.05, 3.63) is 64.1 Å². The summed E-state index contributed by atoms with van der Waals surface area (Å²) in [7, 11) is 0. The van der Waals surface area contributed by atoms with E-state index >= 15 is 0 Å². The molecule has 0 bridgehead atoms. The van der Waals surface area contributed by atoms with Crippen LogP contribution in [0.15, 0.2) is 53.0 Å². The van der Waals surface area contributed by atoms with Gasteiger partial charge in [0.2, 0.25) is 0 Å². The third-order valence-corrected chi connectivity index (χ3v) is 4.31. The fourth-order valence-corrected chi connectivity index (χ4v) is 3.03. The van der Waals surface area contributed by atoms with E-state index in [1.165, 1.54) is 11.1 Å². The van der Waals surface area contributed by atoms with Crippen LogP contribution in [0.1, 0.15) is 30.0 Å². The first kappa shape index (κ1) is 13.7. The number of ether oxygens (including phenoxy) is 1. The van der Waals surface area contributed by atoms with Gasteiger partial charge >= 0.3 is 0 Å². The lowest BCUT2D eigenvalue weighted by Crippen LogP contribution is -2.25. The Labute approximate surface area is 128 Å². The van der Waals surface area contributed by atoms with Crippen LogP contribution in [0.4, 0.5) is 0 Å². The van der Waals surface area contributed by atoms with Crippen molar-refractivity contribution >= 4 is 15.9 Å². The Bertz CT molecular complexity index is 599. The number of hydrogen-bond acceptors (Lipinski definition) is 2. The minimum Gasteiger partial charge on any atom is -0.493 e. The van der Waals surface area contributed by atoms with Crippen LogP contribution in [0.5, 0.6) is 5.75 Å². The Hall–Kier alpha value is -1.32. The molecule has 1 unspecified atom stereocenters. The molecule has 0 fully saturated rings. The maximum Gasteiger partial charge on any atom is 0.122 e. The van der Waals surface area contributed by atoms with Crippen LogP contribution in [0.2, 0.25) is 0 Å². The highest BCUT2D eigenvalue weighted by Crippen LogP contribution is 2.33. The Morgan fingerprint density at radius 2 is 2.10 bits per heavy atom. The van der Waals surface area contributed by atoms with Gasteiger partial charge in [0, 0.05) is 28.5 Å². The summed E-state index contributed by atoms with van der Waals surface area (Å²) >= 11 is 3.52. The lowest BCUT2D eigenvalue weighted by atomic mass is 10.0. The molecule has 2 aromatic rings. The largest absolute Gasteiger partial charge is 0.493 e. The fraction of sp³-hybridized carbons (Fsp3) is 0.294. The monoisotopic (exact) mass is 331 g/mol. The maximum atomic E-state index is 5.72. The maximum absolute atomic E-state index is 5.72. The Balaban J connectivity index is 1.63. The predicted octanol–water partition coefficient (Wildman–Crippen LogP) is 4.28. The van der Waals surface area contributed by atoms with Gasteiger partial charge in [0.1, 0.15) is 5.75 Å². The molecule has 1 N–H and O–H groups in total. The third-order valence-electron chi connectivity index (χ3n) is 3.82. The molecule has 0 aliphatic carbocycles. The molecule has 104 valence electrons. The molecule has 2 nitrogen and oxygen atoms in total. The highest BCUT2D eigenvalue weighted by Gasteiger charge is 2.23. The van der Waals surface area contributed by atoms with Crippen molar-refractivity contribution in [1.29, 1.82) is 0 Å². The highest BCUT2D eigenvalue weighted by molar-refractivity contribution is 9.10. The number of fused-ring (bicyclic) bond motifs is 1. The van der Waals surface area contributed by atoms with Crippen molar-refractivity contribution in [2.45, 2.75) is 18.9 Å². The number of halogens is 1. The van der Waals surface area contributed by atoms with Gasteiger partial charge in [-0.05, 0) is 30.7 Å². The van der Waals surface area contributed by atoms with Gasteiger partial charge in [-0.2, -0.15) is 0 Å². The molecule has 0 radical (unpaired) electrons. The number of nitrogens with one attached hydrogen (secondary N) is 1. The Morgan fingerprint density at radius 1 is 1.25 bits per heavy atom. The van der Waals surface area contributed by atoms with Crippen LogP contribution in [-0.2, 0) is 0 Å². The zero-order valence-electron chi connectivity index (χ0n) is 11.5. The minimum atomic E-state index is 0.334. The molecule has 2 atom stereocenters. The van der Waals surface area contributed by atoms with Gasteiger partial charge in [0.25, 0.3) is 0 Å². The summed E-state index contributed by atoms with van der Waals surface area (Å²) in [6.07, 6.45) is 0.